The van der Waals surface area contributed by atoms with Gasteiger partial charge in [0.2, 0.25) is 0 Å². The molecule has 0 unspecified atom stereocenters. The van der Waals surface area contributed by atoms with Crippen molar-refractivity contribution in [3.8, 4) is 6.07 Å². The van der Waals surface area contributed by atoms with Crippen LogP contribution in [-0.4, -0.2) is 0 Å². The predicted molar refractivity (Wildman–Crippen MR) is 74.7 cm³/mol. The molecule has 0 aliphatic rings. The van der Waals surface area contributed by atoms with Crippen molar-refractivity contribution in [2.24, 2.45) is 0 Å². The molecule has 2 rings (SSSR count). The van der Waals surface area contributed by atoms with Gasteiger partial charge in [-0.05, 0) is 36.2 Å². The first-order valence-electron chi connectivity index (χ1n) is 5.89. The van der Waals surface area contributed by atoms with Crippen molar-refractivity contribution in [3.05, 3.63) is 53.6 Å². The molecule has 90 valence electrons. The Balaban J connectivity index is 2.31. The zero-order valence-corrected chi connectivity index (χ0v) is 10.3. The summed E-state index contributed by atoms with van der Waals surface area (Å²) in [7, 11) is 0. The van der Waals surface area contributed by atoms with E-state index in [1.54, 1.807) is 6.07 Å². The number of nitrogen functional groups attached to an aromatic ring is 1. The molecule has 0 saturated carbocycles. The third-order valence-corrected chi connectivity index (χ3v) is 2.84. The number of hydrogen-bond donors (Lipinski definition) is 2. The number of nitrogens with two attached hydrogens (primary N) is 1. The van der Waals surface area contributed by atoms with Crippen LogP contribution in [0, 0.1) is 11.3 Å². The van der Waals surface area contributed by atoms with E-state index in [1.165, 1.54) is 5.56 Å². The van der Waals surface area contributed by atoms with E-state index in [0.717, 1.165) is 17.8 Å². The largest absolute Gasteiger partial charge is 0.396 e. The van der Waals surface area contributed by atoms with Crippen LogP contribution < -0.4 is 11.1 Å². The second kappa shape index (κ2) is 5.24. The normalized spacial score (nSPS) is 9.78. The Morgan fingerprint density at radius 1 is 1.22 bits per heavy atom. The van der Waals surface area contributed by atoms with Crippen molar-refractivity contribution in [3.63, 3.8) is 0 Å². The third kappa shape index (κ3) is 2.44. The second-order valence-electron chi connectivity index (χ2n) is 4.06. The van der Waals surface area contributed by atoms with Crippen LogP contribution in [0.15, 0.2) is 42.5 Å². The summed E-state index contributed by atoms with van der Waals surface area (Å²) >= 11 is 0. The van der Waals surface area contributed by atoms with Crippen LogP contribution in [0.4, 0.5) is 17.1 Å². The fraction of sp³-hybridized carbons (Fsp3) is 0.133. The highest BCUT2D eigenvalue weighted by Gasteiger charge is 2.04. The molecule has 0 fully saturated rings. The fourth-order valence-corrected chi connectivity index (χ4v) is 1.80. The summed E-state index contributed by atoms with van der Waals surface area (Å²) in [6, 6.07) is 15.6. The number of nitrogens with one attached hydrogen (secondary N) is 1. The van der Waals surface area contributed by atoms with Gasteiger partial charge in [0.1, 0.15) is 6.07 Å². The molecule has 0 spiro atoms. The van der Waals surface area contributed by atoms with Crippen LogP contribution in [-0.2, 0) is 6.42 Å². The molecule has 3 heteroatoms. The van der Waals surface area contributed by atoms with Gasteiger partial charge in [0, 0.05) is 5.69 Å². The van der Waals surface area contributed by atoms with Crippen LogP contribution in [0.2, 0.25) is 0 Å². The molecule has 3 nitrogen and oxygen atoms in total. The first-order chi connectivity index (χ1) is 8.74. The van der Waals surface area contributed by atoms with E-state index in [-0.39, 0.29) is 0 Å². The van der Waals surface area contributed by atoms with Crippen molar-refractivity contribution in [1.82, 2.24) is 0 Å². The number of nitrogens with zero attached hydrogens (tertiary/aromatic N) is 1. The molecule has 2 aromatic rings. The Bertz CT molecular complexity index is 597. The molecule has 0 bridgehead atoms. The molecule has 2 aromatic carbocycles. The Hall–Kier alpha value is -2.47. The molecule has 0 saturated heterocycles. The van der Waals surface area contributed by atoms with E-state index in [0.29, 0.717) is 11.3 Å². The van der Waals surface area contributed by atoms with Crippen LogP contribution in [0.5, 0.6) is 0 Å². The first kappa shape index (κ1) is 12.0. The van der Waals surface area contributed by atoms with Gasteiger partial charge in [-0.3, -0.25) is 0 Å². The van der Waals surface area contributed by atoms with Crippen molar-refractivity contribution in [2.75, 3.05) is 11.1 Å². The summed E-state index contributed by atoms with van der Waals surface area (Å²) in [4.78, 5) is 0. The lowest BCUT2D eigenvalue weighted by atomic mass is 10.1. The lowest BCUT2D eigenvalue weighted by Crippen LogP contribution is -1.99. The van der Waals surface area contributed by atoms with Crippen LogP contribution in [0.1, 0.15) is 18.1 Å². The van der Waals surface area contributed by atoms with Gasteiger partial charge in [-0.15, -0.1) is 0 Å². The highest BCUT2D eigenvalue weighted by atomic mass is 14.9. The maximum atomic E-state index is 8.93. The number of rotatable bonds is 3. The quantitative estimate of drug-likeness (QED) is 0.804. The van der Waals surface area contributed by atoms with E-state index in [2.05, 4.69) is 30.4 Å². The molecule has 0 amide bonds. The zero-order valence-electron chi connectivity index (χ0n) is 10.3. The minimum absolute atomic E-state index is 0.488. The number of anilines is 3. The van der Waals surface area contributed by atoms with Gasteiger partial charge in [0.25, 0.3) is 0 Å². The number of aryl methyl sites for hydroxylation is 1. The van der Waals surface area contributed by atoms with Crippen LogP contribution in [0.25, 0.3) is 0 Å². The van der Waals surface area contributed by atoms with E-state index in [4.69, 9.17) is 11.0 Å². The van der Waals surface area contributed by atoms with Gasteiger partial charge in [0.05, 0.1) is 16.9 Å². The van der Waals surface area contributed by atoms with Gasteiger partial charge in [0.15, 0.2) is 0 Å². The molecule has 0 aromatic heterocycles. The van der Waals surface area contributed by atoms with E-state index in [9.17, 15) is 0 Å². The van der Waals surface area contributed by atoms with E-state index < -0.39 is 0 Å². The van der Waals surface area contributed by atoms with Crippen LogP contribution >= 0.6 is 0 Å². The number of para-hydroxylation sites is 1. The van der Waals surface area contributed by atoms with Crippen molar-refractivity contribution in [1.29, 1.82) is 5.26 Å². The Labute approximate surface area is 107 Å². The smallest absolute Gasteiger partial charge is 0.101 e. The SMILES string of the molecule is CCc1cccc(Nc2cccc(C#N)c2N)c1. The van der Waals surface area contributed by atoms with Crippen molar-refractivity contribution >= 4 is 17.1 Å². The third-order valence-electron chi connectivity index (χ3n) is 2.84. The van der Waals surface area contributed by atoms with Crippen molar-refractivity contribution < 1.29 is 0 Å². The minimum Gasteiger partial charge on any atom is -0.396 e. The average molecular weight is 237 g/mol. The number of nitriles is 1. The summed E-state index contributed by atoms with van der Waals surface area (Å²) in [6.45, 7) is 2.11. The Kier molecular flexibility index (Phi) is 3.49. The predicted octanol–water partition coefficient (Wildman–Crippen LogP) is 3.45. The Morgan fingerprint density at radius 3 is 2.72 bits per heavy atom. The highest BCUT2D eigenvalue weighted by Crippen LogP contribution is 2.26. The van der Waals surface area contributed by atoms with Gasteiger partial charge in [-0.25, -0.2) is 0 Å². The number of benzene rings is 2. The summed E-state index contributed by atoms with van der Waals surface area (Å²) < 4.78 is 0. The Morgan fingerprint density at radius 2 is 2.00 bits per heavy atom. The molecular formula is C15H15N3. The summed E-state index contributed by atoms with van der Waals surface area (Å²) in [5.41, 5.74) is 9.92. The highest BCUT2D eigenvalue weighted by molar-refractivity contribution is 5.77. The lowest BCUT2D eigenvalue weighted by molar-refractivity contribution is 1.14. The molecule has 3 N–H and O–H groups in total. The summed E-state index contributed by atoms with van der Waals surface area (Å²) in [5, 5.41) is 12.2. The zero-order chi connectivity index (χ0) is 13.0. The standard InChI is InChI=1S/C15H15N3/c1-2-11-5-3-7-13(9-11)18-14-8-4-6-12(10-16)15(14)17/h3-9,18H,2,17H2,1H3. The van der Waals surface area contributed by atoms with E-state index in [1.807, 2.05) is 24.3 Å². The van der Waals surface area contributed by atoms with Gasteiger partial charge in [-0.1, -0.05) is 25.1 Å². The fourth-order valence-electron chi connectivity index (χ4n) is 1.80. The number of hydrogen-bond acceptors (Lipinski definition) is 3. The maximum absolute atomic E-state index is 8.93. The van der Waals surface area contributed by atoms with Crippen molar-refractivity contribution in [2.45, 2.75) is 13.3 Å². The van der Waals surface area contributed by atoms with Gasteiger partial charge >= 0.3 is 0 Å². The molecule has 18 heavy (non-hydrogen) atoms. The maximum Gasteiger partial charge on any atom is 0.101 e. The first-order valence-corrected chi connectivity index (χ1v) is 5.89. The van der Waals surface area contributed by atoms with Crippen LogP contribution in [0.3, 0.4) is 0 Å². The lowest BCUT2D eigenvalue weighted by Gasteiger charge is -2.11. The summed E-state index contributed by atoms with van der Waals surface area (Å²) in [6.07, 6.45) is 0.989. The van der Waals surface area contributed by atoms with Gasteiger partial charge < -0.3 is 11.1 Å². The van der Waals surface area contributed by atoms with E-state index >= 15 is 0 Å². The molecule has 0 atom stereocenters. The monoisotopic (exact) mass is 237 g/mol. The molecule has 0 aliphatic carbocycles. The minimum atomic E-state index is 0.488. The molecule has 0 radical (unpaired) electrons. The topological polar surface area (TPSA) is 61.8 Å². The molecular weight excluding hydrogens is 222 g/mol. The average Bonchev–Trinajstić information content (AvgIpc) is 2.41. The summed E-state index contributed by atoms with van der Waals surface area (Å²) in [5.74, 6) is 0. The molecule has 0 aliphatic heterocycles. The van der Waals surface area contributed by atoms with Gasteiger partial charge in [-0.2, -0.15) is 5.26 Å². The molecule has 0 heterocycles. The second-order valence-corrected chi connectivity index (χ2v) is 4.06.